The number of aromatic nitrogens is 1. The number of amides is 1. The summed E-state index contributed by atoms with van der Waals surface area (Å²) in [6, 6.07) is 10.2. The van der Waals surface area contributed by atoms with Crippen LogP contribution in [0.2, 0.25) is 0 Å². The third-order valence-electron chi connectivity index (χ3n) is 2.59. The molecule has 0 aliphatic heterocycles. The summed E-state index contributed by atoms with van der Waals surface area (Å²) in [5, 5.41) is 0. The van der Waals surface area contributed by atoms with Crippen LogP contribution in [0.1, 0.15) is 15.9 Å². The van der Waals surface area contributed by atoms with Gasteiger partial charge in [-0.25, -0.2) is 4.21 Å². The van der Waals surface area contributed by atoms with Gasteiger partial charge in [0.05, 0.1) is 15.3 Å². The molecule has 5 heteroatoms. The number of nitrogens with zero attached hydrogens (tertiary/aromatic N) is 2. The first kappa shape index (κ1) is 14.0. The van der Waals surface area contributed by atoms with Crippen LogP contribution in [0, 0.1) is 12.3 Å². The molecule has 20 heavy (non-hydrogen) atoms. The molecule has 2 aromatic rings. The molecule has 0 aliphatic carbocycles. The number of benzene rings is 1. The first-order valence-electron chi connectivity index (χ1n) is 5.76. The quantitative estimate of drug-likeness (QED) is 0.795. The smallest absolute Gasteiger partial charge is 0.266 e. The molecule has 1 heterocycles. The molecule has 0 fully saturated rings. The van der Waals surface area contributed by atoms with Crippen molar-refractivity contribution < 1.29 is 9.00 Å². The van der Waals surface area contributed by atoms with Gasteiger partial charge in [-0.05, 0) is 18.2 Å². The first-order valence-corrected chi connectivity index (χ1v) is 7.68. The lowest BCUT2D eigenvalue weighted by Crippen LogP contribution is -2.04. The van der Waals surface area contributed by atoms with Crippen molar-refractivity contribution >= 4 is 15.6 Å². The Morgan fingerprint density at radius 3 is 2.65 bits per heavy atom. The Bertz CT molecular complexity index is 798. The largest absolute Gasteiger partial charge is 0.286 e. The van der Waals surface area contributed by atoms with E-state index in [1.165, 1.54) is 24.7 Å². The third kappa shape index (κ3) is 3.11. The normalized spacial score (nSPS) is 13.0. The number of terminal acetylenes is 1. The molecule has 1 aromatic heterocycles. The average molecular weight is 284 g/mol. The van der Waals surface area contributed by atoms with Gasteiger partial charge in [-0.2, -0.15) is 4.36 Å². The molecule has 100 valence electrons. The van der Waals surface area contributed by atoms with Crippen LogP contribution in [-0.4, -0.2) is 21.4 Å². The van der Waals surface area contributed by atoms with E-state index in [0.717, 1.165) is 0 Å². The van der Waals surface area contributed by atoms with Crippen LogP contribution in [0.15, 0.2) is 58.1 Å². The minimum absolute atomic E-state index is 0.228. The Hall–Kier alpha value is -2.45. The molecule has 0 saturated heterocycles. The zero-order valence-electron chi connectivity index (χ0n) is 10.8. The van der Waals surface area contributed by atoms with Crippen molar-refractivity contribution in [3.63, 3.8) is 0 Å². The number of hydrogen-bond donors (Lipinski definition) is 0. The Morgan fingerprint density at radius 1 is 1.30 bits per heavy atom. The number of rotatable bonds is 2. The number of hydrogen-bond acceptors (Lipinski definition) is 3. The van der Waals surface area contributed by atoms with Crippen molar-refractivity contribution in [3.05, 3.63) is 59.9 Å². The second kappa shape index (κ2) is 5.68. The van der Waals surface area contributed by atoms with Gasteiger partial charge in [0.2, 0.25) is 0 Å². The Balaban J connectivity index is 2.42. The molecule has 0 spiro atoms. The molecule has 1 amide bonds. The van der Waals surface area contributed by atoms with E-state index in [4.69, 9.17) is 6.42 Å². The van der Waals surface area contributed by atoms with Crippen molar-refractivity contribution in [1.82, 2.24) is 4.98 Å². The Morgan fingerprint density at radius 2 is 2.00 bits per heavy atom. The zero-order valence-corrected chi connectivity index (χ0v) is 11.6. The topological polar surface area (TPSA) is 59.4 Å². The molecule has 0 N–H and O–H groups in total. The Kier molecular flexibility index (Phi) is 3.97. The lowest BCUT2D eigenvalue weighted by atomic mass is 10.2. The molecule has 1 atom stereocenters. The standard InChI is InChI=1S/C15H12N2O2S/c1-3-12-9-13(11-16-10-12)15(18)17-20(2,19)14-7-5-4-6-8-14/h1,4-11H,2H3. The monoisotopic (exact) mass is 284 g/mol. The second-order valence-corrected chi connectivity index (χ2v) is 6.38. The van der Waals surface area contributed by atoms with E-state index >= 15 is 0 Å². The summed E-state index contributed by atoms with van der Waals surface area (Å²) >= 11 is 0. The molecule has 0 saturated carbocycles. The maximum Gasteiger partial charge on any atom is 0.286 e. The number of pyridine rings is 1. The lowest BCUT2D eigenvalue weighted by molar-refractivity contribution is 0.100. The van der Waals surface area contributed by atoms with E-state index in [2.05, 4.69) is 15.3 Å². The fraction of sp³-hybridized carbons (Fsp3) is 0.0667. The molecular formula is C15H12N2O2S. The summed E-state index contributed by atoms with van der Waals surface area (Å²) in [4.78, 5) is 16.4. The van der Waals surface area contributed by atoms with Crippen LogP contribution in [0.25, 0.3) is 0 Å². The van der Waals surface area contributed by atoms with Crippen LogP contribution >= 0.6 is 0 Å². The highest BCUT2D eigenvalue weighted by atomic mass is 32.2. The van der Waals surface area contributed by atoms with E-state index in [1.54, 1.807) is 30.3 Å². The summed E-state index contributed by atoms with van der Waals surface area (Å²) in [6.45, 7) is 0. The van der Waals surface area contributed by atoms with E-state index < -0.39 is 15.6 Å². The fourth-order valence-corrected chi connectivity index (χ4v) is 2.76. The molecule has 2 rings (SSSR count). The zero-order chi connectivity index (χ0) is 14.6. The highest BCUT2D eigenvalue weighted by Crippen LogP contribution is 2.13. The number of carbonyl (C=O) groups is 1. The van der Waals surface area contributed by atoms with Crippen LogP contribution in [0.4, 0.5) is 0 Å². The highest BCUT2D eigenvalue weighted by Gasteiger charge is 2.11. The van der Waals surface area contributed by atoms with Crippen molar-refractivity contribution in [2.24, 2.45) is 4.36 Å². The third-order valence-corrected chi connectivity index (χ3v) is 4.25. The molecule has 0 bridgehead atoms. The van der Waals surface area contributed by atoms with Gasteiger partial charge in [0, 0.05) is 29.1 Å². The summed E-state index contributed by atoms with van der Waals surface area (Å²) in [5.74, 6) is 1.80. The molecule has 1 unspecified atom stereocenters. The van der Waals surface area contributed by atoms with Gasteiger partial charge in [0.15, 0.2) is 0 Å². The predicted octanol–water partition coefficient (Wildman–Crippen LogP) is 2.36. The maximum atomic E-state index is 12.5. The van der Waals surface area contributed by atoms with Crippen LogP contribution in [0.5, 0.6) is 0 Å². The van der Waals surface area contributed by atoms with Gasteiger partial charge in [0.1, 0.15) is 0 Å². The molecule has 4 nitrogen and oxygen atoms in total. The van der Waals surface area contributed by atoms with Gasteiger partial charge in [0.25, 0.3) is 5.91 Å². The lowest BCUT2D eigenvalue weighted by Gasteiger charge is -2.03. The molecule has 1 aromatic carbocycles. The predicted molar refractivity (Wildman–Crippen MR) is 77.7 cm³/mol. The molecular weight excluding hydrogens is 272 g/mol. The van der Waals surface area contributed by atoms with E-state index in [1.807, 2.05) is 0 Å². The van der Waals surface area contributed by atoms with Gasteiger partial charge >= 0.3 is 0 Å². The van der Waals surface area contributed by atoms with Crippen molar-refractivity contribution in [3.8, 4) is 12.3 Å². The van der Waals surface area contributed by atoms with E-state index in [9.17, 15) is 9.00 Å². The van der Waals surface area contributed by atoms with E-state index in [-0.39, 0.29) is 5.56 Å². The minimum Gasteiger partial charge on any atom is -0.266 e. The summed E-state index contributed by atoms with van der Waals surface area (Å²) < 4.78 is 16.3. The Labute approximate surface area is 118 Å². The number of carbonyl (C=O) groups excluding carboxylic acids is 1. The van der Waals surface area contributed by atoms with Crippen LogP contribution < -0.4 is 0 Å². The SMILES string of the molecule is C#Cc1cncc(C(=O)N=S(C)(=O)c2ccccc2)c1. The minimum atomic E-state index is -2.78. The van der Waals surface area contributed by atoms with Crippen LogP contribution in [0.3, 0.4) is 0 Å². The van der Waals surface area contributed by atoms with Gasteiger partial charge in [-0.15, -0.1) is 6.42 Å². The van der Waals surface area contributed by atoms with Crippen molar-refractivity contribution in [2.75, 3.05) is 6.26 Å². The van der Waals surface area contributed by atoms with Crippen molar-refractivity contribution in [2.45, 2.75) is 4.90 Å². The van der Waals surface area contributed by atoms with Gasteiger partial charge in [-0.1, -0.05) is 24.1 Å². The van der Waals surface area contributed by atoms with Gasteiger partial charge in [-0.3, -0.25) is 9.78 Å². The summed E-state index contributed by atoms with van der Waals surface area (Å²) in [5.41, 5.74) is 0.708. The average Bonchev–Trinajstić information content (AvgIpc) is 2.48. The highest BCUT2D eigenvalue weighted by molar-refractivity contribution is 7.93. The van der Waals surface area contributed by atoms with Crippen LogP contribution in [-0.2, 0) is 9.73 Å². The first-order chi connectivity index (χ1) is 9.53. The summed E-state index contributed by atoms with van der Waals surface area (Å²) in [7, 11) is -2.78. The summed E-state index contributed by atoms with van der Waals surface area (Å²) in [6.07, 6.45) is 9.50. The van der Waals surface area contributed by atoms with Crippen molar-refractivity contribution in [1.29, 1.82) is 0 Å². The van der Waals surface area contributed by atoms with Gasteiger partial charge < -0.3 is 0 Å². The second-order valence-electron chi connectivity index (χ2n) is 4.12. The fourth-order valence-electron chi connectivity index (χ4n) is 1.57. The molecule has 0 aliphatic rings. The maximum absolute atomic E-state index is 12.5. The molecule has 0 radical (unpaired) electrons. The van der Waals surface area contributed by atoms with E-state index in [0.29, 0.717) is 10.5 Å².